The van der Waals surface area contributed by atoms with Gasteiger partial charge in [0.25, 0.3) is 0 Å². The van der Waals surface area contributed by atoms with Gasteiger partial charge in [-0.1, -0.05) is 44.9 Å². The second kappa shape index (κ2) is 32.6. The number of amides is 1. The second-order valence-corrected chi connectivity index (χ2v) is 6.95. The number of anilines is 4. The van der Waals surface area contributed by atoms with Crippen LogP contribution in [-0.4, -0.2) is 233 Å². The summed E-state index contributed by atoms with van der Waals surface area (Å²) in [6.45, 7) is 6.00. The summed E-state index contributed by atoms with van der Waals surface area (Å²) in [7, 11) is 1.84. The van der Waals surface area contributed by atoms with Crippen LogP contribution in [0.3, 0.4) is 0 Å². The Hall–Kier alpha value is 10.1. The molecule has 2 aromatic rings. The fourth-order valence-electron chi connectivity index (χ4n) is 4.00. The number of pyridine rings is 1. The number of aromatic nitrogens is 1. The van der Waals surface area contributed by atoms with E-state index in [1.54, 1.807) is 4.90 Å². The van der Waals surface area contributed by atoms with Gasteiger partial charge in [-0.3, -0.25) is 4.79 Å². The first-order valence-corrected chi connectivity index (χ1v) is 115. The second-order valence-electron chi connectivity index (χ2n) is 6.95. The van der Waals surface area contributed by atoms with Crippen LogP contribution < -0.4 is 73.3 Å². The van der Waals surface area contributed by atoms with Crippen molar-refractivity contribution < 1.29 is 63.0 Å². The maximum absolute atomic E-state index is 12.7. The molecule has 2 heterocycles. The Bertz CT molecular complexity index is 797. The van der Waals surface area contributed by atoms with Crippen molar-refractivity contribution in [2.24, 2.45) is 0 Å². The van der Waals surface area contributed by atoms with Crippen LogP contribution in [0.2, 0.25) is 0 Å². The number of benzene rings is 1. The average molecular weight is 980 g/mol. The van der Waals surface area contributed by atoms with Crippen LogP contribution in [0, 0.1) is 7.43 Å². The van der Waals surface area contributed by atoms with Crippen LogP contribution in [0.1, 0.15) is 46.5 Å². The minimum absolute atomic E-state index is 0. The van der Waals surface area contributed by atoms with E-state index in [1.807, 2.05) is 70.3 Å². The molecule has 35 heavy (non-hydrogen) atoms. The van der Waals surface area contributed by atoms with E-state index in [0.29, 0.717) is 6.04 Å². The van der Waals surface area contributed by atoms with Gasteiger partial charge in [0, 0.05) is 18.8 Å². The van der Waals surface area contributed by atoms with E-state index in [1.165, 1.54) is 12.8 Å². The van der Waals surface area contributed by atoms with Gasteiger partial charge in [-0.25, -0.2) is 4.98 Å². The SMILES string of the molecule is CC.C[C@@H]1C(=O)N(C)c2ccc(Nc3ccccc3)nc2N1C1CCCC1.[CH3-].[Rb+].[Rb][Rb].[Rb][Rb].[Rb][Rb]. The van der Waals surface area contributed by atoms with Crippen LogP contribution in [0.15, 0.2) is 42.5 Å². The number of carbonyl (C=O) groups excluding carboxylic acids is 1. The van der Waals surface area contributed by atoms with Gasteiger partial charge in [-0.15, -0.1) is 0 Å². The topological polar surface area (TPSA) is 48.5 Å². The number of hydrogen-bond donors (Lipinski definition) is 1. The first-order chi connectivity index (χ1) is 16.1. The van der Waals surface area contributed by atoms with Crippen molar-refractivity contribution in [2.75, 3.05) is 22.2 Å². The standard InChI is InChI=1S/C20H24N4O.C2H6.CH3.7Rb/c1-14-20(25)23(2)17-12-13-18(21-15-8-4-3-5-9-15)22-19(17)24(14)16-10-6-7-11-16;1-2;;;;;;;;/h3-5,8-9,12-14,16H,6-7,10-11H2,1-2H3,(H,21,22);1-2H3;1H3;;;;;;;/q;;-1;;;;;;;+1/t14-;;;;;;;;;/m1........./s1. The molecular weight excluding hydrogens is 947 g/mol. The van der Waals surface area contributed by atoms with E-state index in [-0.39, 0.29) is 77.6 Å². The molecule has 0 unspecified atom stereocenters. The molecule has 1 fully saturated rings. The molecule has 12 heteroatoms. The molecular formula is C23H33N4ORb7. The first-order valence-electron chi connectivity index (χ1n) is 13.0. The molecule has 1 saturated carbocycles. The van der Waals surface area contributed by atoms with E-state index in [2.05, 4.69) is 10.2 Å². The normalized spacial score (nSPS) is 15.7. The zero-order valence-electron chi connectivity index (χ0n) is 24.8. The van der Waals surface area contributed by atoms with Crippen molar-refractivity contribution >= 4 is 232 Å². The molecule has 1 aliphatic heterocycles. The maximum atomic E-state index is 12.7. The number of hydrogen-bond acceptors (Lipinski definition) is 4. The molecule has 2 aliphatic rings. The molecule has 158 valence electrons. The Morgan fingerprint density at radius 2 is 1.43 bits per heavy atom. The minimum atomic E-state index is -0.167. The average Bonchev–Trinajstić information content (AvgIpc) is 3.43. The van der Waals surface area contributed by atoms with Crippen LogP contribution >= 0.6 is 0 Å². The summed E-state index contributed by atoms with van der Waals surface area (Å²) in [5, 5.41) is 3.36. The summed E-state index contributed by atoms with van der Waals surface area (Å²) in [6, 6.07) is 14.2. The van der Waals surface area contributed by atoms with E-state index < -0.39 is 0 Å². The van der Waals surface area contributed by atoms with Crippen molar-refractivity contribution in [2.45, 2.75) is 58.5 Å². The van der Waals surface area contributed by atoms with Gasteiger partial charge in [-0.05, 0) is 44.0 Å². The van der Waals surface area contributed by atoms with Crippen molar-refractivity contribution in [3.8, 4) is 0 Å². The predicted octanol–water partition coefficient (Wildman–Crippen LogP) is 0.135. The number of likely N-dealkylation sites (N-methyl/N-ethyl adjacent to an activating group) is 1. The summed E-state index contributed by atoms with van der Waals surface area (Å²) in [5.74, 6) is 1.87. The summed E-state index contributed by atoms with van der Waals surface area (Å²) < 4.78 is 0. The van der Waals surface area contributed by atoms with Crippen molar-refractivity contribution in [1.29, 1.82) is 0 Å². The van der Waals surface area contributed by atoms with Gasteiger partial charge in [0.1, 0.15) is 11.9 Å². The molecule has 1 aromatic heterocycles. The first kappa shape index (κ1) is 49.5. The zero-order chi connectivity index (χ0) is 25.4. The van der Waals surface area contributed by atoms with Crippen LogP contribution in [0.25, 0.3) is 0 Å². The van der Waals surface area contributed by atoms with E-state index in [0.717, 1.165) is 239 Å². The predicted molar refractivity (Wildman–Crippen MR) is 154 cm³/mol. The number of fused-ring (bicyclic) bond motifs is 1. The Morgan fingerprint density at radius 3 is 1.94 bits per heavy atom. The van der Waals surface area contributed by atoms with Gasteiger partial charge in [0.2, 0.25) is 5.91 Å². The quantitative estimate of drug-likeness (QED) is 0.446. The molecule has 1 aromatic carbocycles. The number of para-hydroxylation sites is 1. The summed E-state index contributed by atoms with van der Waals surface area (Å²) in [6.07, 6.45) is 4.74. The molecule has 5 nitrogen and oxygen atoms in total. The Labute approximate surface area is 410 Å². The van der Waals surface area contributed by atoms with E-state index in [4.69, 9.17) is 4.98 Å². The Kier molecular flexibility index (Phi) is 46.1. The third kappa shape index (κ3) is 17.9. The fraction of sp³-hybridized carbons (Fsp3) is 0.435. The Morgan fingerprint density at radius 1 is 0.914 bits per heavy atom. The van der Waals surface area contributed by atoms with Gasteiger partial charge < -0.3 is 22.5 Å². The summed E-state index contributed by atoms with van der Waals surface area (Å²) in [4.78, 5) is 21.6. The third-order valence-corrected chi connectivity index (χ3v) is 5.33. The van der Waals surface area contributed by atoms with Gasteiger partial charge >= 0.3 is 261 Å². The molecule has 0 bridgehead atoms. The summed E-state index contributed by atoms with van der Waals surface area (Å²) in [5.41, 5.74) is 1.91. The van der Waals surface area contributed by atoms with E-state index in [9.17, 15) is 4.79 Å². The van der Waals surface area contributed by atoms with Crippen molar-refractivity contribution in [3.05, 3.63) is 49.9 Å². The molecule has 1 atom stereocenters. The van der Waals surface area contributed by atoms with Crippen LogP contribution in [0.4, 0.5) is 23.0 Å². The van der Waals surface area contributed by atoms with Gasteiger partial charge in [-0.2, -0.15) is 0 Å². The molecule has 0 radical (unpaired) electrons. The zero-order valence-corrected chi connectivity index (χ0v) is 59.2. The van der Waals surface area contributed by atoms with Crippen molar-refractivity contribution in [1.82, 2.24) is 4.98 Å². The molecule has 1 N–H and O–H groups in total. The summed E-state index contributed by atoms with van der Waals surface area (Å²) >= 11 is 6.96. The van der Waals surface area contributed by atoms with Crippen LogP contribution in [-0.2, 0) is 4.79 Å². The molecule has 1 aliphatic carbocycles. The van der Waals surface area contributed by atoms with Gasteiger partial charge in [0.05, 0.1) is 5.69 Å². The number of nitrogens with zero attached hydrogens (tertiary/aromatic N) is 3. The van der Waals surface area contributed by atoms with Crippen LogP contribution in [0.5, 0.6) is 0 Å². The third-order valence-electron chi connectivity index (χ3n) is 5.33. The molecule has 0 spiro atoms. The number of rotatable bonds is 3. The Balaban J connectivity index is -0.000000935. The number of carbonyl (C=O) groups is 1. The molecule has 4 rings (SSSR count). The van der Waals surface area contributed by atoms with Crippen molar-refractivity contribution in [3.63, 3.8) is 0 Å². The van der Waals surface area contributed by atoms with Gasteiger partial charge in [0.15, 0.2) is 5.82 Å². The monoisotopic (exact) mass is 976 g/mol. The fourth-order valence-corrected chi connectivity index (χ4v) is 4.00. The van der Waals surface area contributed by atoms with E-state index >= 15 is 0 Å². The number of nitrogens with one attached hydrogen (secondary N) is 1. The molecule has 1 amide bonds. The molecule has 0 saturated heterocycles.